The van der Waals surface area contributed by atoms with Crippen LogP contribution >= 0.6 is 11.3 Å². The van der Waals surface area contributed by atoms with Gasteiger partial charge in [0.25, 0.3) is 0 Å². The molecule has 0 radical (unpaired) electrons. The summed E-state index contributed by atoms with van der Waals surface area (Å²) >= 11 is 1.22. The third-order valence-corrected chi connectivity index (χ3v) is 3.63. The fraction of sp³-hybridized carbons (Fsp3) is 0.636. The molecule has 3 N–H and O–H groups in total. The summed E-state index contributed by atoms with van der Waals surface area (Å²) in [6.45, 7) is 1.66. The largest absolute Gasteiger partial charge is 0.352 e. The standard InChI is InChI=1S/C11H17N5O2S/c1-7(9(17)14-8-4-2-3-5-8)13-10(18)15-11-16-12-6-19-11/h6-8H,2-5H2,1H3,(H,14,17)(H2,13,15,16,18)/t7-/m1/s1. The topological polar surface area (TPSA) is 96.0 Å². The molecule has 1 saturated carbocycles. The number of aromatic nitrogens is 2. The first-order valence-corrected chi connectivity index (χ1v) is 7.17. The fourth-order valence-electron chi connectivity index (χ4n) is 2.02. The molecule has 104 valence electrons. The van der Waals surface area contributed by atoms with Crippen molar-refractivity contribution in [2.75, 3.05) is 5.32 Å². The average Bonchev–Trinajstić information content (AvgIpc) is 3.01. The van der Waals surface area contributed by atoms with Crippen LogP contribution in [0.25, 0.3) is 0 Å². The van der Waals surface area contributed by atoms with E-state index in [2.05, 4.69) is 26.1 Å². The van der Waals surface area contributed by atoms with Crippen molar-refractivity contribution in [3.63, 3.8) is 0 Å². The summed E-state index contributed by atoms with van der Waals surface area (Å²) in [6.07, 6.45) is 4.36. The number of amides is 3. The maximum Gasteiger partial charge on any atom is 0.321 e. The summed E-state index contributed by atoms with van der Waals surface area (Å²) in [6, 6.07) is -0.776. The van der Waals surface area contributed by atoms with Gasteiger partial charge in [-0.1, -0.05) is 24.2 Å². The van der Waals surface area contributed by atoms with Crippen molar-refractivity contribution in [2.45, 2.75) is 44.7 Å². The van der Waals surface area contributed by atoms with E-state index in [4.69, 9.17) is 0 Å². The number of nitrogens with one attached hydrogen (secondary N) is 3. The van der Waals surface area contributed by atoms with E-state index < -0.39 is 12.1 Å². The Kier molecular flexibility index (Phi) is 4.67. The van der Waals surface area contributed by atoms with Gasteiger partial charge < -0.3 is 10.6 Å². The van der Waals surface area contributed by atoms with Crippen LogP contribution in [0.5, 0.6) is 0 Å². The molecule has 0 aliphatic heterocycles. The molecule has 1 aliphatic carbocycles. The minimum Gasteiger partial charge on any atom is -0.352 e. The van der Waals surface area contributed by atoms with Crippen molar-refractivity contribution in [3.8, 4) is 0 Å². The van der Waals surface area contributed by atoms with Crippen molar-refractivity contribution in [1.29, 1.82) is 0 Å². The van der Waals surface area contributed by atoms with Gasteiger partial charge in [-0.2, -0.15) is 0 Å². The minimum atomic E-state index is -0.575. The molecule has 2 rings (SSSR count). The van der Waals surface area contributed by atoms with E-state index in [1.165, 1.54) is 16.8 Å². The Hall–Kier alpha value is -1.70. The predicted octanol–water partition coefficient (Wildman–Crippen LogP) is 1.11. The van der Waals surface area contributed by atoms with E-state index in [0.29, 0.717) is 5.13 Å². The number of anilines is 1. The van der Waals surface area contributed by atoms with Gasteiger partial charge in [-0.3, -0.25) is 10.1 Å². The molecule has 0 bridgehead atoms. The number of carbonyl (C=O) groups excluding carboxylic acids is 2. The summed E-state index contributed by atoms with van der Waals surface area (Å²) in [5.74, 6) is -0.153. The quantitative estimate of drug-likeness (QED) is 0.771. The van der Waals surface area contributed by atoms with Crippen LogP contribution in [0.1, 0.15) is 32.6 Å². The molecule has 1 heterocycles. The van der Waals surface area contributed by atoms with E-state index >= 15 is 0 Å². The Balaban J connectivity index is 1.74. The van der Waals surface area contributed by atoms with E-state index in [1.54, 1.807) is 6.92 Å². The van der Waals surface area contributed by atoms with Crippen LogP contribution in [0.4, 0.5) is 9.93 Å². The van der Waals surface area contributed by atoms with Crippen molar-refractivity contribution >= 4 is 28.4 Å². The van der Waals surface area contributed by atoms with E-state index in [9.17, 15) is 9.59 Å². The first-order valence-electron chi connectivity index (χ1n) is 6.29. The molecule has 19 heavy (non-hydrogen) atoms. The fourth-order valence-corrected chi connectivity index (χ4v) is 2.46. The number of hydrogen-bond donors (Lipinski definition) is 3. The van der Waals surface area contributed by atoms with Gasteiger partial charge in [-0.15, -0.1) is 10.2 Å². The molecule has 0 spiro atoms. The minimum absolute atomic E-state index is 0.153. The van der Waals surface area contributed by atoms with Gasteiger partial charge in [0, 0.05) is 6.04 Å². The van der Waals surface area contributed by atoms with Crippen LogP contribution in [-0.4, -0.2) is 34.2 Å². The summed E-state index contributed by atoms with van der Waals surface area (Å²) < 4.78 is 0. The Morgan fingerprint density at radius 1 is 1.42 bits per heavy atom. The summed E-state index contributed by atoms with van der Waals surface area (Å²) in [5, 5.41) is 15.7. The zero-order valence-electron chi connectivity index (χ0n) is 10.7. The lowest BCUT2D eigenvalue weighted by molar-refractivity contribution is -0.123. The van der Waals surface area contributed by atoms with Gasteiger partial charge in [0.05, 0.1) is 0 Å². The zero-order valence-corrected chi connectivity index (χ0v) is 11.5. The highest BCUT2D eigenvalue weighted by atomic mass is 32.1. The highest BCUT2D eigenvalue weighted by Gasteiger charge is 2.21. The van der Waals surface area contributed by atoms with Crippen molar-refractivity contribution in [1.82, 2.24) is 20.8 Å². The van der Waals surface area contributed by atoms with E-state index in [0.717, 1.165) is 25.7 Å². The van der Waals surface area contributed by atoms with Gasteiger partial charge in [-0.25, -0.2) is 4.79 Å². The molecule has 1 fully saturated rings. The molecule has 0 saturated heterocycles. The summed E-state index contributed by atoms with van der Waals surface area (Å²) in [5.41, 5.74) is 1.52. The predicted molar refractivity (Wildman–Crippen MR) is 71.9 cm³/mol. The molecular weight excluding hydrogens is 266 g/mol. The van der Waals surface area contributed by atoms with Crippen LogP contribution in [0.2, 0.25) is 0 Å². The van der Waals surface area contributed by atoms with Gasteiger partial charge in [0.1, 0.15) is 11.6 Å². The Bertz CT molecular complexity index is 430. The van der Waals surface area contributed by atoms with Gasteiger partial charge in [0.2, 0.25) is 11.0 Å². The molecule has 0 aromatic carbocycles. The first-order chi connectivity index (χ1) is 9.15. The lowest BCUT2D eigenvalue weighted by Gasteiger charge is -2.17. The van der Waals surface area contributed by atoms with E-state index in [1.807, 2.05) is 0 Å². The number of nitrogens with zero attached hydrogens (tertiary/aromatic N) is 2. The molecule has 8 heteroatoms. The highest BCUT2D eigenvalue weighted by molar-refractivity contribution is 7.13. The Labute approximate surface area is 115 Å². The third-order valence-electron chi connectivity index (χ3n) is 3.02. The monoisotopic (exact) mass is 283 g/mol. The van der Waals surface area contributed by atoms with Crippen molar-refractivity contribution in [3.05, 3.63) is 5.51 Å². The van der Waals surface area contributed by atoms with Crippen molar-refractivity contribution in [2.24, 2.45) is 0 Å². The second kappa shape index (κ2) is 6.46. The van der Waals surface area contributed by atoms with Crippen LogP contribution in [0, 0.1) is 0 Å². The maximum absolute atomic E-state index is 11.9. The highest BCUT2D eigenvalue weighted by Crippen LogP contribution is 2.17. The molecule has 1 aromatic heterocycles. The van der Waals surface area contributed by atoms with E-state index in [-0.39, 0.29) is 11.9 Å². The average molecular weight is 283 g/mol. The van der Waals surface area contributed by atoms with Gasteiger partial charge in [0.15, 0.2) is 0 Å². The third kappa shape index (κ3) is 4.16. The van der Waals surface area contributed by atoms with Crippen LogP contribution in [0.3, 0.4) is 0 Å². The summed E-state index contributed by atoms with van der Waals surface area (Å²) in [7, 11) is 0. The molecule has 3 amide bonds. The molecule has 0 unspecified atom stereocenters. The number of urea groups is 1. The SMILES string of the molecule is C[C@@H](NC(=O)Nc1nncs1)C(=O)NC1CCCC1. The second-order valence-electron chi connectivity index (χ2n) is 4.55. The van der Waals surface area contributed by atoms with Crippen LogP contribution < -0.4 is 16.0 Å². The van der Waals surface area contributed by atoms with Gasteiger partial charge in [-0.05, 0) is 19.8 Å². The van der Waals surface area contributed by atoms with Gasteiger partial charge >= 0.3 is 6.03 Å². The first kappa shape index (κ1) is 13.7. The van der Waals surface area contributed by atoms with Crippen LogP contribution in [-0.2, 0) is 4.79 Å². The Morgan fingerprint density at radius 3 is 2.79 bits per heavy atom. The van der Waals surface area contributed by atoms with Crippen molar-refractivity contribution < 1.29 is 9.59 Å². The molecule has 1 aromatic rings. The molecular formula is C11H17N5O2S. The molecule has 7 nitrogen and oxygen atoms in total. The Morgan fingerprint density at radius 2 is 2.16 bits per heavy atom. The lowest BCUT2D eigenvalue weighted by atomic mass is 10.2. The van der Waals surface area contributed by atoms with Crippen LogP contribution in [0.15, 0.2) is 5.51 Å². The molecule has 1 aliphatic rings. The smallest absolute Gasteiger partial charge is 0.321 e. The normalized spacial score (nSPS) is 16.9. The maximum atomic E-state index is 11.9. The number of hydrogen-bond acceptors (Lipinski definition) is 5. The second-order valence-corrected chi connectivity index (χ2v) is 5.39. The lowest BCUT2D eigenvalue weighted by Crippen LogP contribution is -2.48. The summed E-state index contributed by atoms with van der Waals surface area (Å²) in [4.78, 5) is 23.5. The zero-order chi connectivity index (χ0) is 13.7. The number of rotatable bonds is 4. The number of carbonyl (C=O) groups is 2. The molecule has 1 atom stereocenters.